The average Bonchev–Trinajstić information content (AvgIpc) is 2.86. The van der Waals surface area contributed by atoms with Crippen LogP contribution in [0.1, 0.15) is 61.2 Å². The third kappa shape index (κ3) is 4.17. The van der Waals surface area contributed by atoms with Gasteiger partial charge in [0.15, 0.2) is 0 Å². The summed E-state index contributed by atoms with van der Waals surface area (Å²) in [6.07, 6.45) is 5.92. The van der Waals surface area contributed by atoms with Crippen LogP contribution in [0.3, 0.4) is 0 Å². The van der Waals surface area contributed by atoms with Gasteiger partial charge >= 0.3 is 0 Å². The topological polar surface area (TPSA) is 46.9 Å². The Morgan fingerprint density at radius 2 is 2.00 bits per heavy atom. The Bertz CT molecular complexity index is 789. The molecule has 4 heteroatoms. The fourth-order valence-corrected chi connectivity index (χ4v) is 3.97. The minimum Gasteiger partial charge on any atom is -0.326 e. The van der Waals surface area contributed by atoms with Crippen LogP contribution in [-0.4, -0.2) is 15.7 Å². The van der Waals surface area contributed by atoms with Crippen LogP contribution in [0.2, 0.25) is 0 Å². The first kappa shape index (κ1) is 18.7. The Morgan fingerprint density at radius 1 is 1.23 bits per heavy atom. The summed E-state index contributed by atoms with van der Waals surface area (Å²) in [6.45, 7) is 9.48. The van der Waals surface area contributed by atoms with Gasteiger partial charge in [0.25, 0.3) is 0 Å². The predicted octanol–water partition coefficient (Wildman–Crippen LogP) is 4.61. The van der Waals surface area contributed by atoms with Crippen LogP contribution in [0.4, 0.5) is 5.69 Å². The molecule has 1 amide bonds. The number of hydrogen-bond acceptors (Lipinski definition) is 2. The van der Waals surface area contributed by atoms with E-state index in [0.29, 0.717) is 12.3 Å². The number of aryl methyl sites for hydroxylation is 2. The highest BCUT2D eigenvalue weighted by Crippen LogP contribution is 2.28. The smallest absolute Gasteiger partial charge is 0.224 e. The second kappa shape index (κ2) is 8.07. The molecule has 1 N–H and O–H groups in total. The molecule has 0 unspecified atom stereocenters. The molecule has 1 aromatic carbocycles. The number of aromatic nitrogens is 2. The molecule has 2 aromatic rings. The summed E-state index contributed by atoms with van der Waals surface area (Å²) < 4.78 is 2.08. The lowest BCUT2D eigenvalue weighted by Crippen LogP contribution is -2.16. The zero-order valence-electron chi connectivity index (χ0n) is 16.6. The Labute approximate surface area is 157 Å². The fourth-order valence-electron chi connectivity index (χ4n) is 3.97. The van der Waals surface area contributed by atoms with E-state index < -0.39 is 0 Å². The lowest BCUT2D eigenvalue weighted by Gasteiger charge is -2.19. The lowest BCUT2D eigenvalue weighted by molar-refractivity contribution is -0.116. The standard InChI is InChI=1S/C22H31N3O/c1-15(2)14-25-17(4)19(16(3)24-25)12-13-22(26)23-21-11-7-9-18-8-5-6-10-20(18)21/h7,9,11,15H,5-6,8,10,12-14H2,1-4H3,(H,23,26). The van der Waals surface area contributed by atoms with Crippen LogP contribution in [0, 0.1) is 19.8 Å². The van der Waals surface area contributed by atoms with Crippen LogP contribution in [0.15, 0.2) is 18.2 Å². The molecule has 1 heterocycles. The summed E-state index contributed by atoms with van der Waals surface area (Å²) in [5, 5.41) is 7.81. The quantitative estimate of drug-likeness (QED) is 0.824. The summed E-state index contributed by atoms with van der Waals surface area (Å²) in [6, 6.07) is 6.29. The van der Waals surface area contributed by atoms with Crippen molar-refractivity contribution < 1.29 is 4.79 Å². The first-order valence-electron chi connectivity index (χ1n) is 9.89. The van der Waals surface area contributed by atoms with Crippen LogP contribution >= 0.6 is 0 Å². The van der Waals surface area contributed by atoms with E-state index in [9.17, 15) is 4.79 Å². The number of hydrogen-bond donors (Lipinski definition) is 1. The van der Waals surface area contributed by atoms with Gasteiger partial charge in [-0.05, 0) is 74.6 Å². The molecular formula is C22H31N3O. The van der Waals surface area contributed by atoms with E-state index in [0.717, 1.165) is 37.2 Å². The molecular weight excluding hydrogens is 322 g/mol. The van der Waals surface area contributed by atoms with Gasteiger partial charge in [0.1, 0.15) is 0 Å². The van der Waals surface area contributed by atoms with Crippen molar-refractivity contribution in [2.75, 3.05) is 5.32 Å². The number of nitrogens with one attached hydrogen (secondary N) is 1. The number of fused-ring (bicyclic) bond motifs is 1. The van der Waals surface area contributed by atoms with Gasteiger partial charge in [-0.2, -0.15) is 5.10 Å². The van der Waals surface area contributed by atoms with Gasteiger partial charge in [-0.3, -0.25) is 9.48 Å². The molecule has 0 saturated carbocycles. The van der Waals surface area contributed by atoms with Crippen LogP contribution in [-0.2, 0) is 30.6 Å². The molecule has 3 rings (SSSR count). The van der Waals surface area contributed by atoms with E-state index in [1.165, 1.54) is 35.2 Å². The molecule has 0 radical (unpaired) electrons. The number of amides is 1. The third-order valence-corrected chi connectivity index (χ3v) is 5.34. The van der Waals surface area contributed by atoms with Crippen molar-refractivity contribution in [3.05, 3.63) is 46.3 Å². The number of carbonyl (C=O) groups is 1. The third-order valence-electron chi connectivity index (χ3n) is 5.34. The molecule has 1 aromatic heterocycles. The van der Waals surface area contributed by atoms with E-state index in [-0.39, 0.29) is 5.91 Å². The number of benzene rings is 1. The van der Waals surface area contributed by atoms with Crippen molar-refractivity contribution >= 4 is 11.6 Å². The molecule has 26 heavy (non-hydrogen) atoms. The highest BCUT2D eigenvalue weighted by atomic mass is 16.1. The lowest BCUT2D eigenvalue weighted by atomic mass is 9.90. The van der Waals surface area contributed by atoms with Gasteiger partial charge in [0.05, 0.1) is 5.69 Å². The summed E-state index contributed by atoms with van der Waals surface area (Å²) in [7, 11) is 0. The van der Waals surface area contributed by atoms with Crippen molar-refractivity contribution in [3.63, 3.8) is 0 Å². The number of rotatable bonds is 6. The zero-order valence-corrected chi connectivity index (χ0v) is 16.6. The Hall–Kier alpha value is -2.10. The van der Waals surface area contributed by atoms with Crippen molar-refractivity contribution in [2.45, 2.75) is 72.8 Å². The second-order valence-electron chi connectivity index (χ2n) is 7.92. The summed E-state index contributed by atoms with van der Waals surface area (Å²) in [5.74, 6) is 0.660. The number of nitrogens with zero attached hydrogens (tertiary/aromatic N) is 2. The minimum atomic E-state index is 0.0967. The zero-order chi connectivity index (χ0) is 18.7. The normalized spacial score (nSPS) is 13.7. The molecule has 0 atom stereocenters. The summed E-state index contributed by atoms with van der Waals surface area (Å²) >= 11 is 0. The highest BCUT2D eigenvalue weighted by Gasteiger charge is 2.16. The average molecular weight is 354 g/mol. The molecule has 4 nitrogen and oxygen atoms in total. The van der Waals surface area contributed by atoms with Gasteiger partial charge in [-0.25, -0.2) is 0 Å². The van der Waals surface area contributed by atoms with Crippen molar-refractivity contribution in [2.24, 2.45) is 5.92 Å². The summed E-state index contributed by atoms with van der Waals surface area (Å²) in [4.78, 5) is 12.5. The molecule has 0 fully saturated rings. The van der Waals surface area contributed by atoms with Gasteiger partial charge in [-0.15, -0.1) is 0 Å². The largest absolute Gasteiger partial charge is 0.326 e. The highest BCUT2D eigenvalue weighted by molar-refractivity contribution is 5.91. The van der Waals surface area contributed by atoms with E-state index in [1.807, 2.05) is 13.0 Å². The molecule has 140 valence electrons. The van der Waals surface area contributed by atoms with Crippen molar-refractivity contribution in [1.82, 2.24) is 9.78 Å². The number of anilines is 1. The van der Waals surface area contributed by atoms with Crippen LogP contribution in [0.25, 0.3) is 0 Å². The van der Waals surface area contributed by atoms with Crippen molar-refractivity contribution in [1.29, 1.82) is 0 Å². The Morgan fingerprint density at radius 3 is 2.77 bits per heavy atom. The molecule has 0 bridgehead atoms. The first-order valence-corrected chi connectivity index (χ1v) is 9.89. The predicted molar refractivity (Wildman–Crippen MR) is 107 cm³/mol. The minimum absolute atomic E-state index is 0.0967. The second-order valence-corrected chi connectivity index (χ2v) is 7.92. The van der Waals surface area contributed by atoms with E-state index in [1.54, 1.807) is 0 Å². The van der Waals surface area contributed by atoms with E-state index in [2.05, 4.69) is 48.0 Å². The van der Waals surface area contributed by atoms with Crippen molar-refractivity contribution in [3.8, 4) is 0 Å². The van der Waals surface area contributed by atoms with E-state index in [4.69, 9.17) is 0 Å². The maximum absolute atomic E-state index is 12.5. The first-order chi connectivity index (χ1) is 12.5. The Balaban J connectivity index is 1.64. The molecule has 1 aliphatic rings. The van der Waals surface area contributed by atoms with Gasteiger partial charge in [0.2, 0.25) is 5.91 Å². The van der Waals surface area contributed by atoms with E-state index >= 15 is 0 Å². The monoisotopic (exact) mass is 353 g/mol. The Kier molecular flexibility index (Phi) is 5.80. The maximum atomic E-state index is 12.5. The number of carbonyl (C=O) groups excluding carboxylic acids is 1. The molecule has 1 aliphatic carbocycles. The summed E-state index contributed by atoms with van der Waals surface area (Å²) in [5.41, 5.74) is 7.21. The molecule has 0 saturated heterocycles. The molecule has 0 aliphatic heterocycles. The maximum Gasteiger partial charge on any atom is 0.224 e. The van der Waals surface area contributed by atoms with Crippen LogP contribution in [0.5, 0.6) is 0 Å². The van der Waals surface area contributed by atoms with Crippen LogP contribution < -0.4 is 5.32 Å². The molecule has 0 spiro atoms. The van der Waals surface area contributed by atoms with Gasteiger partial charge in [0, 0.05) is 24.3 Å². The van der Waals surface area contributed by atoms with Gasteiger partial charge in [-0.1, -0.05) is 26.0 Å². The SMILES string of the molecule is Cc1nn(CC(C)C)c(C)c1CCC(=O)Nc1cccc2c1CCCC2. The van der Waals surface area contributed by atoms with Gasteiger partial charge < -0.3 is 5.32 Å². The fraction of sp³-hybridized carbons (Fsp3) is 0.545.